The Morgan fingerprint density at radius 3 is 2.50 bits per heavy atom. The Morgan fingerprint density at radius 2 is 1.77 bits per heavy atom. The van der Waals surface area contributed by atoms with E-state index in [1.807, 2.05) is 6.07 Å². The third-order valence-electron chi connectivity index (χ3n) is 3.23. The fourth-order valence-electron chi connectivity index (χ4n) is 2.13. The molecule has 0 amide bonds. The van der Waals surface area contributed by atoms with Crippen molar-refractivity contribution >= 4 is 0 Å². The SMILES string of the molecule is COc1ccc(-c2nc(-c3cccc(F)c3)n[nH]2)cc1OC. The second-order valence-corrected chi connectivity index (χ2v) is 4.59. The number of hydrogen-bond donors (Lipinski definition) is 1. The summed E-state index contributed by atoms with van der Waals surface area (Å²) in [5.41, 5.74) is 1.41. The first-order valence-corrected chi connectivity index (χ1v) is 6.62. The van der Waals surface area contributed by atoms with E-state index in [4.69, 9.17) is 9.47 Å². The lowest BCUT2D eigenvalue weighted by Gasteiger charge is -2.07. The van der Waals surface area contributed by atoms with Crippen molar-refractivity contribution in [2.24, 2.45) is 0 Å². The minimum atomic E-state index is -0.324. The lowest BCUT2D eigenvalue weighted by Crippen LogP contribution is -1.91. The normalized spacial score (nSPS) is 10.5. The summed E-state index contributed by atoms with van der Waals surface area (Å²) >= 11 is 0. The number of halogens is 1. The summed E-state index contributed by atoms with van der Waals surface area (Å²) in [7, 11) is 3.15. The van der Waals surface area contributed by atoms with E-state index in [1.54, 1.807) is 38.5 Å². The van der Waals surface area contributed by atoms with Gasteiger partial charge in [-0.15, -0.1) is 0 Å². The molecule has 0 radical (unpaired) electrons. The summed E-state index contributed by atoms with van der Waals surface area (Å²) in [6.45, 7) is 0. The van der Waals surface area contributed by atoms with Crippen molar-refractivity contribution in [2.45, 2.75) is 0 Å². The molecule has 1 heterocycles. The number of methoxy groups -OCH3 is 2. The highest BCUT2D eigenvalue weighted by molar-refractivity contribution is 5.64. The maximum absolute atomic E-state index is 13.3. The van der Waals surface area contributed by atoms with E-state index in [0.29, 0.717) is 28.7 Å². The van der Waals surface area contributed by atoms with E-state index in [2.05, 4.69) is 15.2 Å². The molecule has 0 bridgehead atoms. The Hall–Kier alpha value is -2.89. The number of aromatic amines is 1. The number of H-pyrrole nitrogens is 1. The summed E-state index contributed by atoms with van der Waals surface area (Å²) in [5.74, 6) is 1.92. The predicted molar refractivity (Wildman–Crippen MR) is 80.3 cm³/mol. The number of nitrogens with zero attached hydrogens (tertiary/aromatic N) is 2. The number of aromatic nitrogens is 3. The Labute approximate surface area is 126 Å². The standard InChI is InChI=1S/C16H14FN3O2/c1-21-13-7-6-11(9-14(13)22-2)16-18-15(19-20-16)10-4-3-5-12(17)8-10/h3-9H,1-2H3,(H,18,19,20). The largest absolute Gasteiger partial charge is 0.493 e. The molecule has 6 heteroatoms. The molecule has 3 rings (SSSR count). The van der Waals surface area contributed by atoms with Crippen LogP contribution in [0.4, 0.5) is 4.39 Å². The van der Waals surface area contributed by atoms with Gasteiger partial charge in [0.25, 0.3) is 0 Å². The number of benzene rings is 2. The molecule has 2 aromatic carbocycles. The summed E-state index contributed by atoms with van der Waals surface area (Å²) < 4.78 is 23.7. The van der Waals surface area contributed by atoms with E-state index in [9.17, 15) is 4.39 Å². The van der Waals surface area contributed by atoms with Gasteiger partial charge >= 0.3 is 0 Å². The zero-order valence-electron chi connectivity index (χ0n) is 12.1. The first-order chi connectivity index (χ1) is 10.7. The summed E-state index contributed by atoms with van der Waals surface area (Å²) in [4.78, 5) is 4.39. The third kappa shape index (κ3) is 2.63. The minimum absolute atomic E-state index is 0.324. The predicted octanol–water partition coefficient (Wildman–Crippen LogP) is 3.30. The minimum Gasteiger partial charge on any atom is -0.493 e. The molecular formula is C16H14FN3O2. The topological polar surface area (TPSA) is 60.0 Å². The van der Waals surface area contributed by atoms with Crippen LogP contribution in [0.15, 0.2) is 42.5 Å². The quantitative estimate of drug-likeness (QED) is 0.803. The molecule has 0 aliphatic carbocycles. The highest BCUT2D eigenvalue weighted by Gasteiger charge is 2.11. The molecule has 3 aromatic rings. The average molecular weight is 299 g/mol. The lowest BCUT2D eigenvalue weighted by atomic mass is 10.2. The van der Waals surface area contributed by atoms with Crippen molar-refractivity contribution in [1.29, 1.82) is 0 Å². The molecular weight excluding hydrogens is 285 g/mol. The van der Waals surface area contributed by atoms with Crippen molar-refractivity contribution in [3.63, 3.8) is 0 Å². The Bertz CT molecular complexity index is 802. The van der Waals surface area contributed by atoms with E-state index in [1.165, 1.54) is 12.1 Å². The number of ether oxygens (including phenoxy) is 2. The molecule has 0 fully saturated rings. The van der Waals surface area contributed by atoms with Crippen LogP contribution in [0.3, 0.4) is 0 Å². The summed E-state index contributed by atoms with van der Waals surface area (Å²) in [6.07, 6.45) is 0. The van der Waals surface area contributed by atoms with E-state index in [0.717, 1.165) is 5.56 Å². The molecule has 1 aromatic heterocycles. The molecule has 5 nitrogen and oxygen atoms in total. The first-order valence-electron chi connectivity index (χ1n) is 6.62. The number of rotatable bonds is 4. The van der Waals surface area contributed by atoms with Gasteiger partial charge in [0.05, 0.1) is 14.2 Å². The molecule has 0 aliphatic heterocycles. The van der Waals surface area contributed by atoms with Crippen LogP contribution in [0.5, 0.6) is 11.5 Å². The average Bonchev–Trinajstić information content (AvgIpc) is 3.04. The maximum Gasteiger partial charge on any atom is 0.181 e. The Morgan fingerprint density at radius 1 is 0.955 bits per heavy atom. The van der Waals surface area contributed by atoms with Crippen LogP contribution in [0.1, 0.15) is 0 Å². The van der Waals surface area contributed by atoms with Gasteiger partial charge in [0.2, 0.25) is 0 Å². The van der Waals surface area contributed by atoms with Crippen LogP contribution in [0, 0.1) is 5.82 Å². The highest BCUT2D eigenvalue weighted by atomic mass is 19.1. The van der Waals surface area contributed by atoms with Gasteiger partial charge in [0, 0.05) is 11.1 Å². The Kier molecular flexibility index (Phi) is 3.74. The highest BCUT2D eigenvalue weighted by Crippen LogP contribution is 2.31. The smallest absolute Gasteiger partial charge is 0.181 e. The van der Waals surface area contributed by atoms with Crippen LogP contribution in [0.2, 0.25) is 0 Å². The summed E-state index contributed by atoms with van der Waals surface area (Å²) in [5, 5.41) is 6.98. The monoisotopic (exact) mass is 299 g/mol. The molecule has 0 aliphatic rings. The second kappa shape index (κ2) is 5.85. The molecule has 112 valence electrons. The van der Waals surface area contributed by atoms with Crippen LogP contribution in [-0.4, -0.2) is 29.4 Å². The molecule has 0 saturated heterocycles. The second-order valence-electron chi connectivity index (χ2n) is 4.59. The van der Waals surface area contributed by atoms with Crippen molar-refractivity contribution in [3.8, 4) is 34.3 Å². The molecule has 22 heavy (non-hydrogen) atoms. The van der Waals surface area contributed by atoms with Crippen molar-refractivity contribution < 1.29 is 13.9 Å². The van der Waals surface area contributed by atoms with Crippen LogP contribution < -0.4 is 9.47 Å². The first kappa shape index (κ1) is 14.1. The summed E-state index contributed by atoms with van der Waals surface area (Å²) in [6, 6.07) is 11.6. The number of hydrogen-bond acceptors (Lipinski definition) is 4. The molecule has 0 unspecified atom stereocenters. The zero-order valence-corrected chi connectivity index (χ0v) is 12.1. The maximum atomic E-state index is 13.3. The molecule has 0 atom stereocenters. The van der Waals surface area contributed by atoms with Gasteiger partial charge in [-0.2, -0.15) is 5.10 Å². The van der Waals surface area contributed by atoms with Gasteiger partial charge in [-0.25, -0.2) is 9.37 Å². The van der Waals surface area contributed by atoms with Gasteiger partial charge < -0.3 is 9.47 Å². The molecule has 0 spiro atoms. The van der Waals surface area contributed by atoms with Gasteiger partial charge in [-0.3, -0.25) is 5.10 Å². The van der Waals surface area contributed by atoms with Gasteiger partial charge in [0.15, 0.2) is 23.1 Å². The van der Waals surface area contributed by atoms with Gasteiger partial charge in [-0.1, -0.05) is 12.1 Å². The number of nitrogens with one attached hydrogen (secondary N) is 1. The molecule has 0 saturated carbocycles. The van der Waals surface area contributed by atoms with Gasteiger partial charge in [-0.05, 0) is 30.3 Å². The fourth-order valence-corrected chi connectivity index (χ4v) is 2.13. The van der Waals surface area contributed by atoms with Crippen molar-refractivity contribution in [2.75, 3.05) is 14.2 Å². The van der Waals surface area contributed by atoms with Crippen molar-refractivity contribution in [1.82, 2.24) is 15.2 Å². The van der Waals surface area contributed by atoms with E-state index in [-0.39, 0.29) is 5.82 Å². The van der Waals surface area contributed by atoms with Crippen molar-refractivity contribution in [3.05, 3.63) is 48.3 Å². The third-order valence-corrected chi connectivity index (χ3v) is 3.23. The van der Waals surface area contributed by atoms with Crippen LogP contribution >= 0.6 is 0 Å². The zero-order chi connectivity index (χ0) is 15.5. The molecule has 1 N–H and O–H groups in total. The lowest BCUT2D eigenvalue weighted by molar-refractivity contribution is 0.355. The Balaban J connectivity index is 1.97. The van der Waals surface area contributed by atoms with Crippen LogP contribution in [-0.2, 0) is 0 Å². The van der Waals surface area contributed by atoms with Gasteiger partial charge in [0.1, 0.15) is 5.82 Å². The fraction of sp³-hybridized carbons (Fsp3) is 0.125. The van der Waals surface area contributed by atoms with Crippen LogP contribution in [0.25, 0.3) is 22.8 Å². The van der Waals surface area contributed by atoms with E-state index < -0.39 is 0 Å². The van der Waals surface area contributed by atoms with E-state index >= 15 is 0 Å².